The Kier molecular flexibility index (Phi) is 3.67. The molecular weight excluding hydrogens is 236 g/mol. The Morgan fingerprint density at radius 2 is 1.83 bits per heavy atom. The zero-order valence-corrected chi connectivity index (χ0v) is 9.73. The first kappa shape index (κ1) is 12.2. The second kappa shape index (κ2) is 5.40. The van der Waals surface area contributed by atoms with Crippen molar-refractivity contribution in [3.8, 4) is 5.75 Å². The summed E-state index contributed by atoms with van der Waals surface area (Å²) in [6, 6.07) is 11.0. The topological polar surface area (TPSA) is 21.6 Å². The Balaban J connectivity index is 2.37. The highest BCUT2D eigenvalue weighted by molar-refractivity contribution is 5.85. The molecule has 0 saturated carbocycles. The highest BCUT2D eigenvalue weighted by atomic mass is 19.1. The van der Waals surface area contributed by atoms with Gasteiger partial charge in [0.2, 0.25) is 0 Å². The van der Waals surface area contributed by atoms with Crippen molar-refractivity contribution in [2.75, 3.05) is 7.11 Å². The fourth-order valence-corrected chi connectivity index (χ4v) is 1.51. The van der Waals surface area contributed by atoms with Crippen LogP contribution >= 0.6 is 0 Å². The van der Waals surface area contributed by atoms with Crippen LogP contribution in [0.2, 0.25) is 0 Å². The lowest BCUT2D eigenvalue weighted by molar-refractivity contribution is 0.406. The van der Waals surface area contributed by atoms with Crippen LogP contribution in [0.5, 0.6) is 5.75 Å². The summed E-state index contributed by atoms with van der Waals surface area (Å²) in [7, 11) is 1.36. The quantitative estimate of drug-likeness (QED) is 0.757. The number of halogens is 2. The van der Waals surface area contributed by atoms with E-state index in [4.69, 9.17) is 4.74 Å². The van der Waals surface area contributed by atoms with E-state index in [1.165, 1.54) is 13.3 Å². The third-order valence-corrected chi connectivity index (χ3v) is 2.38. The molecule has 0 saturated heterocycles. The molecule has 0 aliphatic heterocycles. The first-order valence-corrected chi connectivity index (χ1v) is 5.33. The predicted octanol–water partition coefficient (Wildman–Crippen LogP) is 3.72. The maximum Gasteiger partial charge on any atom is 0.138 e. The molecule has 2 aromatic carbocycles. The van der Waals surface area contributed by atoms with E-state index in [0.29, 0.717) is 5.69 Å². The summed E-state index contributed by atoms with van der Waals surface area (Å²) < 4.78 is 31.5. The van der Waals surface area contributed by atoms with E-state index in [0.717, 1.165) is 12.1 Å². The number of aliphatic imine (C=N–C) groups is 1. The molecule has 0 heterocycles. The molecular formula is C14H11F2NO. The smallest absolute Gasteiger partial charge is 0.138 e. The van der Waals surface area contributed by atoms with E-state index in [-0.39, 0.29) is 11.3 Å². The van der Waals surface area contributed by atoms with Crippen LogP contribution in [-0.4, -0.2) is 13.3 Å². The Hall–Kier alpha value is -2.23. The minimum atomic E-state index is -0.702. The summed E-state index contributed by atoms with van der Waals surface area (Å²) in [5, 5.41) is 0. The number of hydrogen-bond donors (Lipinski definition) is 0. The van der Waals surface area contributed by atoms with E-state index < -0.39 is 11.6 Å². The molecule has 0 unspecified atom stereocenters. The molecule has 4 heteroatoms. The van der Waals surface area contributed by atoms with Crippen LogP contribution in [0.3, 0.4) is 0 Å². The van der Waals surface area contributed by atoms with Gasteiger partial charge in [0.1, 0.15) is 17.4 Å². The Morgan fingerprint density at radius 3 is 2.50 bits per heavy atom. The number of methoxy groups -OCH3 is 1. The lowest BCUT2D eigenvalue weighted by Crippen LogP contribution is -1.96. The van der Waals surface area contributed by atoms with Crippen LogP contribution in [0.4, 0.5) is 14.5 Å². The van der Waals surface area contributed by atoms with Gasteiger partial charge in [0, 0.05) is 18.3 Å². The maximum absolute atomic E-state index is 13.6. The minimum Gasteiger partial charge on any atom is -0.496 e. The molecule has 0 aromatic heterocycles. The zero-order valence-electron chi connectivity index (χ0n) is 9.73. The van der Waals surface area contributed by atoms with E-state index in [2.05, 4.69) is 4.99 Å². The summed E-state index contributed by atoms with van der Waals surface area (Å²) in [6.45, 7) is 0. The molecule has 0 N–H and O–H groups in total. The van der Waals surface area contributed by atoms with Crippen LogP contribution in [0.25, 0.3) is 0 Å². The van der Waals surface area contributed by atoms with Gasteiger partial charge < -0.3 is 4.74 Å². The monoisotopic (exact) mass is 247 g/mol. The summed E-state index contributed by atoms with van der Waals surface area (Å²) in [5.74, 6) is -1.26. The summed E-state index contributed by atoms with van der Waals surface area (Å²) in [5.41, 5.74) is 0.811. The van der Waals surface area contributed by atoms with Gasteiger partial charge in [0.15, 0.2) is 0 Å². The normalized spacial score (nSPS) is 10.8. The van der Waals surface area contributed by atoms with Crippen LogP contribution in [-0.2, 0) is 0 Å². The van der Waals surface area contributed by atoms with E-state index in [1.807, 2.05) is 18.2 Å². The van der Waals surface area contributed by atoms with Crippen LogP contribution < -0.4 is 4.74 Å². The van der Waals surface area contributed by atoms with Gasteiger partial charge in [-0.25, -0.2) is 8.78 Å². The third kappa shape index (κ3) is 2.71. The van der Waals surface area contributed by atoms with Crippen molar-refractivity contribution in [1.82, 2.24) is 0 Å². The average Bonchev–Trinajstić information content (AvgIpc) is 2.38. The summed E-state index contributed by atoms with van der Waals surface area (Å²) >= 11 is 0. The zero-order chi connectivity index (χ0) is 13.0. The van der Waals surface area contributed by atoms with Gasteiger partial charge in [-0.05, 0) is 12.1 Å². The van der Waals surface area contributed by atoms with Crippen LogP contribution in [0, 0.1) is 11.6 Å². The fourth-order valence-electron chi connectivity index (χ4n) is 1.51. The Bertz CT molecular complexity index is 568. The molecule has 0 bridgehead atoms. The number of rotatable bonds is 3. The molecule has 0 amide bonds. The molecule has 18 heavy (non-hydrogen) atoms. The lowest BCUT2D eigenvalue weighted by atomic mass is 10.2. The van der Waals surface area contributed by atoms with Crippen molar-refractivity contribution in [3.63, 3.8) is 0 Å². The second-order valence-corrected chi connectivity index (χ2v) is 3.60. The van der Waals surface area contributed by atoms with Gasteiger partial charge >= 0.3 is 0 Å². The molecule has 92 valence electrons. The van der Waals surface area contributed by atoms with Crippen molar-refractivity contribution in [1.29, 1.82) is 0 Å². The summed E-state index contributed by atoms with van der Waals surface area (Å²) in [6.07, 6.45) is 1.32. The first-order valence-electron chi connectivity index (χ1n) is 5.33. The fraction of sp³-hybridized carbons (Fsp3) is 0.0714. The van der Waals surface area contributed by atoms with Gasteiger partial charge in [-0.1, -0.05) is 18.2 Å². The number of ether oxygens (including phenoxy) is 1. The van der Waals surface area contributed by atoms with Crippen molar-refractivity contribution >= 4 is 11.9 Å². The lowest BCUT2D eigenvalue weighted by Gasteiger charge is -2.05. The number of nitrogens with zero attached hydrogens (tertiary/aromatic N) is 1. The van der Waals surface area contributed by atoms with Gasteiger partial charge in [0.05, 0.1) is 18.4 Å². The molecule has 0 spiro atoms. The van der Waals surface area contributed by atoms with Crippen molar-refractivity contribution in [2.24, 2.45) is 4.99 Å². The van der Waals surface area contributed by atoms with Gasteiger partial charge in [-0.15, -0.1) is 0 Å². The standard InChI is InChI=1S/C14H11F2NO/c1-18-14-8-10(15)7-13(16)12(14)9-17-11-5-3-2-4-6-11/h2-9H,1H3. The molecule has 2 nitrogen and oxygen atoms in total. The average molecular weight is 247 g/mol. The van der Waals surface area contributed by atoms with Crippen molar-refractivity contribution in [3.05, 3.63) is 59.7 Å². The minimum absolute atomic E-state index is 0.118. The highest BCUT2D eigenvalue weighted by Crippen LogP contribution is 2.22. The molecule has 0 radical (unpaired) electrons. The number of para-hydroxylation sites is 1. The molecule has 0 aliphatic carbocycles. The largest absolute Gasteiger partial charge is 0.496 e. The van der Waals surface area contributed by atoms with Gasteiger partial charge in [0.25, 0.3) is 0 Å². The number of hydrogen-bond acceptors (Lipinski definition) is 2. The second-order valence-electron chi connectivity index (χ2n) is 3.60. The first-order chi connectivity index (χ1) is 8.70. The number of benzene rings is 2. The van der Waals surface area contributed by atoms with Crippen LogP contribution in [0.1, 0.15) is 5.56 Å². The van der Waals surface area contributed by atoms with Crippen molar-refractivity contribution in [2.45, 2.75) is 0 Å². The molecule has 0 fully saturated rings. The maximum atomic E-state index is 13.6. The van der Waals surface area contributed by atoms with E-state index >= 15 is 0 Å². The highest BCUT2D eigenvalue weighted by Gasteiger charge is 2.09. The predicted molar refractivity (Wildman–Crippen MR) is 66.6 cm³/mol. The third-order valence-electron chi connectivity index (χ3n) is 2.38. The molecule has 2 rings (SSSR count). The molecule has 2 aromatic rings. The summed E-state index contributed by atoms with van der Waals surface area (Å²) in [4.78, 5) is 4.11. The Morgan fingerprint density at radius 1 is 1.11 bits per heavy atom. The van der Waals surface area contributed by atoms with Crippen molar-refractivity contribution < 1.29 is 13.5 Å². The van der Waals surface area contributed by atoms with Gasteiger partial charge in [-0.2, -0.15) is 0 Å². The molecule has 0 aliphatic rings. The molecule has 0 atom stereocenters. The van der Waals surface area contributed by atoms with E-state index in [9.17, 15) is 8.78 Å². The van der Waals surface area contributed by atoms with E-state index in [1.54, 1.807) is 12.1 Å². The SMILES string of the molecule is COc1cc(F)cc(F)c1C=Nc1ccccc1. The van der Waals surface area contributed by atoms with Crippen LogP contribution in [0.15, 0.2) is 47.5 Å². The van der Waals surface area contributed by atoms with Gasteiger partial charge in [-0.3, -0.25) is 4.99 Å². The Labute approximate surface area is 104 Å².